The van der Waals surface area contributed by atoms with Crippen molar-refractivity contribution in [3.63, 3.8) is 0 Å². The lowest BCUT2D eigenvalue weighted by molar-refractivity contribution is 0.0698. The maximum absolute atomic E-state index is 11.1. The summed E-state index contributed by atoms with van der Waals surface area (Å²) in [5, 5.41) is 13.3. The minimum atomic E-state index is -0.976. The fourth-order valence-electron chi connectivity index (χ4n) is 1.77. The molecule has 2 aromatic rings. The SMILES string of the molecule is C/C(=N\Nc1ccccc1C(=O)O)c1ccc(C)cc1. The molecule has 0 aliphatic rings. The predicted octanol–water partition coefficient (Wildman–Crippen LogP) is 3.53. The number of carboxylic acid groups (broad SMARTS) is 1. The molecule has 0 unspecified atom stereocenters. The fourth-order valence-corrected chi connectivity index (χ4v) is 1.77. The Morgan fingerprint density at radius 3 is 2.40 bits per heavy atom. The van der Waals surface area contributed by atoms with Crippen LogP contribution < -0.4 is 5.43 Å². The van der Waals surface area contributed by atoms with Crippen LogP contribution in [0.4, 0.5) is 5.69 Å². The Labute approximate surface area is 117 Å². The van der Waals surface area contributed by atoms with Gasteiger partial charge < -0.3 is 5.11 Å². The van der Waals surface area contributed by atoms with E-state index in [1.54, 1.807) is 24.3 Å². The van der Waals surface area contributed by atoms with E-state index in [9.17, 15) is 4.79 Å². The number of hydrogen-bond acceptors (Lipinski definition) is 3. The molecule has 0 heterocycles. The normalized spacial score (nSPS) is 11.2. The summed E-state index contributed by atoms with van der Waals surface area (Å²) in [6.45, 7) is 3.90. The van der Waals surface area contributed by atoms with Crippen molar-refractivity contribution in [2.24, 2.45) is 5.10 Å². The molecule has 2 aromatic carbocycles. The van der Waals surface area contributed by atoms with Crippen LogP contribution in [0.1, 0.15) is 28.4 Å². The van der Waals surface area contributed by atoms with Crippen LogP contribution >= 0.6 is 0 Å². The molecule has 0 atom stereocenters. The highest BCUT2D eigenvalue weighted by atomic mass is 16.4. The first kappa shape index (κ1) is 13.8. The lowest BCUT2D eigenvalue weighted by atomic mass is 10.1. The average Bonchev–Trinajstić information content (AvgIpc) is 2.45. The number of hydrazone groups is 1. The Morgan fingerprint density at radius 2 is 1.75 bits per heavy atom. The molecule has 0 spiro atoms. The van der Waals surface area contributed by atoms with E-state index >= 15 is 0 Å². The highest BCUT2D eigenvalue weighted by molar-refractivity contribution is 5.99. The van der Waals surface area contributed by atoms with Crippen molar-refractivity contribution in [2.75, 3.05) is 5.43 Å². The summed E-state index contributed by atoms with van der Waals surface area (Å²) in [4.78, 5) is 11.1. The minimum absolute atomic E-state index is 0.202. The molecule has 2 N–H and O–H groups in total. The zero-order valence-electron chi connectivity index (χ0n) is 11.4. The molecule has 102 valence electrons. The molecule has 0 bridgehead atoms. The van der Waals surface area contributed by atoms with Crippen molar-refractivity contribution < 1.29 is 9.90 Å². The maximum Gasteiger partial charge on any atom is 0.337 e. The summed E-state index contributed by atoms with van der Waals surface area (Å²) in [5.41, 5.74) is 6.47. The maximum atomic E-state index is 11.1. The number of benzene rings is 2. The van der Waals surface area contributed by atoms with Crippen LogP contribution in [0.25, 0.3) is 0 Å². The van der Waals surface area contributed by atoms with Crippen LogP contribution in [0.3, 0.4) is 0 Å². The van der Waals surface area contributed by atoms with Crippen LogP contribution in [0.5, 0.6) is 0 Å². The van der Waals surface area contributed by atoms with Gasteiger partial charge >= 0.3 is 5.97 Å². The Hall–Kier alpha value is -2.62. The van der Waals surface area contributed by atoms with Crippen LogP contribution in [0.15, 0.2) is 53.6 Å². The molecule has 0 aromatic heterocycles. The number of anilines is 1. The van der Waals surface area contributed by atoms with Gasteiger partial charge in [-0.15, -0.1) is 0 Å². The third kappa shape index (κ3) is 3.23. The number of carboxylic acids is 1. The lowest BCUT2D eigenvalue weighted by Crippen LogP contribution is -2.04. The van der Waals surface area contributed by atoms with Crippen molar-refractivity contribution in [3.8, 4) is 0 Å². The van der Waals surface area contributed by atoms with E-state index in [0.717, 1.165) is 11.3 Å². The van der Waals surface area contributed by atoms with Gasteiger partial charge in [0.05, 0.1) is 17.0 Å². The second-order valence-electron chi connectivity index (χ2n) is 4.53. The highest BCUT2D eigenvalue weighted by Crippen LogP contribution is 2.15. The summed E-state index contributed by atoms with van der Waals surface area (Å²) in [6, 6.07) is 14.7. The molecular weight excluding hydrogens is 252 g/mol. The first-order valence-electron chi connectivity index (χ1n) is 6.27. The Kier molecular flexibility index (Phi) is 4.15. The molecule has 4 heteroatoms. The minimum Gasteiger partial charge on any atom is -0.478 e. The molecule has 20 heavy (non-hydrogen) atoms. The summed E-state index contributed by atoms with van der Waals surface area (Å²) in [7, 11) is 0. The Balaban J connectivity index is 2.21. The van der Waals surface area contributed by atoms with Gasteiger partial charge in [0.1, 0.15) is 0 Å². The van der Waals surface area contributed by atoms with E-state index in [2.05, 4.69) is 10.5 Å². The third-order valence-electron chi connectivity index (χ3n) is 2.97. The van der Waals surface area contributed by atoms with Gasteiger partial charge in [0.2, 0.25) is 0 Å². The van der Waals surface area contributed by atoms with Crippen LogP contribution in [0.2, 0.25) is 0 Å². The largest absolute Gasteiger partial charge is 0.478 e. The smallest absolute Gasteiger partial charge is 0.337 e. The number of hydrogen-bond donors (Lipinski definition) is 2. The van der Waals surface area contributed by atoms with Gasteiger partial charge in [0.15, 0.2) is 0 Å². The fraction of sp³-hybridized carbons (Fsp3) is 0.125. The molecule has 0 aliphatic carbocycles. The zero-order chi connectivity index (χ0) is 14.5. The van der Waals surface area contributed by atoms with Crippen molar-refractivity contribution in [1.82, 2.24) is 0 Å². The summed E-state index contributed by atoms with van der Waals surface area (Å²) in [6.07, 6.45) is 0. The van der Waals surface area contributed by atoms with Crippen molar-refractivity contribution >= 4 is 17.4 Å². The van der Waals surface area contributed by atoms with E-state index in [4.69, 9.17) is 5.11 Å². The number of carbonyl (C=O) groups is 1. The first-order chi connectivity index (χ1) is 9.58. The number of aryl methyl sites for hydroxylation is 1. The standard InChI is InChI=1S/C16H16N2O2/c1-11-7-9-13(10-8-11)12(2)17-18-15-6-4-3-5-14(15)16(19)20/h3-10,18H,1-2H3,(H,19,20)/b17-12+. The number of aromatic carboxylic acids is 1. The first-order valence-corrected chi connectivity index (χ1v) is 6.27. The van der Waals surface area contributed by atoms with Crippen LogP contribution in [-0.2, 0) is 0 Å². The van der Waals surface area contributed by atoms with Gasteiger partial charge in [0, 0.05) is 0 Å². The van der Waals surface area contributed by atoms with Crippen LogP contribution in [0, 0.1) is 6.92 Å². The molecule has 0 radical (unpaired) electrons. The average molecular weight is 268 g/mol. The second-order valence-corrected chi connectivity index (χ2v) is 4.53. The van der Waals surface area contributed by atoms with E-state index < -0.39 is 5.97 Å². The molecule has 0 saturated heterocycles. The molecule has 4 nitrogen and oxygen atoms in total. The monoisotopic (exact) mass is 268 g/mol. The molecule has 0 amide bonds. The zero-order valence-corrected chi connectivity index (χ0v) is 11.4. The van der Waals surface area contributed by atoms with Crippen molar-refractivity contribution in [3.05, 3.63) is 65.2 Å². The van der Waals surface area contributed by atoms with Crippen LogP contribution in [-0.4, -0.2) is 16.8 Å². The van der Waals surface area contributed by atoms with Gasteiger partial charge in [-0.3, -0.25) is 5.43 Å². The number of nitrogens with one attached hydrogen (secondary N) is 1. The topological polar surface area (TPSA) is 61.7 Å². The summed E-state index contributed by atoms with van der Waals surface area (Å²) >= 11 is 0. The molecular formula is C16H16N2O2. The number of nitrogens with zero attached hydrogens (tertiary/aromatic N) is 1. The summed E-state index contributed by atoms with van der Waals surface area (Å²) < 4.78 is 0. The quantitative estimate of drug-likeness (QED) is 0.658. The Bertz CT molecular complexity index is 646. The van der Waals surface area contributed by atoms with Gasteiger partial charge in [-0.05, 0) is 31.5 Å². The van der Waals surface area contributed by atoms with Crippen molar-refractivity contribution in [1.29, 1.82) is 0 Å². The molecule has 0 aliphatic heterocycles. The van der Waals surface area contributed by atoms with Gasteiger partial charge in [-0.1, -0.05) is 42.0 Å². The second kappa shape index (κ2) is 6.02. The summed E-state index contributed by atoms with van der Waals surface area (Å²) in [5.74, 6) is -0.976. The van der Waals surface area contributed by atoms with Gasteiger partial charge in [0.25, 0.3) is 0 Å². The van der Waals surface area contributed by atoms with E-state index in [1.807, 2.05) is 38.1 Å². The van der Waals surface area contributed by atoms with Gasteiger partial charge in [-0.25, -0.2) is 4.79 Å². The molecule has 0 saturated carbocycles. The van der Waals surface area contributed by atoms with Crippen molar-refractivity contribution in [2.45, 2.75) is 13.8 Å². The van der Waals surface area contributed by atoms with E-state index in [0.29, 0.717) is 5.69 Å². The van der Waals surface area contributed by atoms with E-state index in [1.165, 1.54) is 5.56 Å². The van der Waals surface area contributed by atoms with Gasteiger partial charge in [-0.2, -0.15) is 5.10 Å². The third-order valence-corrected chi connectivity index (χ3v) is 2.97. The molecule has 2 rings (SSSR count). The highest BCUT2D eigenvalue weighted by Gasteiger charge is 2.08. The number of rotatable bonds is 4. The predicted molar refractivity (Wildman–Crippen MR) is 80.4 cm³/mol. The number of para-hydroxylation sites is 1. The Morgan fingerprint density at radius 1 is 1.10 bits per heavy atom. The van der Waals surface area contributed by atoms with E-state index in [-0.39, 0.29) is 5.56 Å². The lowest BCUT2D eigenvalue weighted by Gasteiger charge is -2.06. The molecule has 0 fully saturated rings.